The van der Waals surface area contributed by atoms with Crippen LogP contribution in [0.1, 0.15) is 30.8 Å². The van der Waals surface area contributed by atoms with Gasteiger partial charge in [0.2, 0.25) is 0 Å². The molecule has 0 radical (unpaired) electrons. The smallest absolute Gasteiger partial charge is 0.184 e. The first-order chi connectivity index (χ1) is 9.63. The van der Waals surface area contributed by atoms with Crippen molar-refractivity contribution in [2.45, 2.75) is 34.1 Å². The van der Waals surface area contributed by atoms with E-state index in [2.05, 4.69) is 48.3 Å². The molecule has 20 heavy (non-hydrogen) atoms. The lowest BCUT2D eigenvalue weighted by Gasteiger charge is -2.07. The van der Waals surface area contributed by atoms with Crippen LogP contribution < -0.4 is 5.32 Å². The van der Waals surface area contributed by atoms with Gasteiger partial charge in [0, 0.05) is 24.0 Å². The number of rotatable bonds is 3. The lowest BCUT2D eigenvalue weighted by atomic mass is 10.2. The van der Waals surface area contributed by atoms with Gasteiger partial charge >= 0.3 is 0 Å². The van der Waals surface area contributed by atoms with E-state index >= 15 is 0 Å². The zero-order valence-electron chi connectivity index (χ0n) is 12.4. The summed E-state index contributed by atoms with van der Waals surface area (Å²) < 4.78 is 1.87. The van der Waals surface area contributed by atoms with Gasteiger partial charge in [-0.25, -0.2) is 9.97 Å². The van der Waals surface area contributed by atoms with E-state index in [-0.39, 0.29) is 0 Å². The van der Waals surface area contributed by atoms with Crippen LogP contribution in [-0.2, 0) is 6.42 Å². The van der Waals surface area contributed by atoms with Gasteiger partial charge in [0.25, 0.3) is 0 Å². The fourth-order valence-electron chi connectivity index (χ4n) is 2.56. The Hall–Kier alpha value is -2.17. The summed E-state index contributed by atoms with van der Waals surface area (Å²) in [4.78, 5) is 9.27. The quantitative estimate of drug-likeness (QED) is 0.794. The second-order valence-electron chi connectivity index (χ2n) is 5.03. The van der Waals surface area contributed by atoms with E-state index in [1.54, 1.807) is 0 Å². The van der Waals surface area contributed by atoms with E-state index in [9.17, 15) is 0 Å². The standard InChI is InChI=1S/C15H19N5/c1-5-11-8-12(16-6-2)20-15(18-11)13-9(3)7-10(4)17-14(13)19-20/h7-8,16H,5-6H2,1-4H3. The second kappa shape index (κ2) is 4.74. The molecule has 1 N–H and O–H groups in total. The van der Waals surface area contributed by atoms with Crippen LogP contribution in [0.25, 0.3) is 16.7 Å². The highest BCUT2D eigenvalue weighted by Gasteiger charge is 2.14. The van der Waals surface area contributed by atoms with E-state index in [1.165, 1.54) is 5.56 Å². The molecule has 0 aliphatic carbocycles. The Morgan fingerprint density at radius 2 is 1.95 bits per heavy atom. The first-order valence-electron chi connectivity index (χ1n) is 7.04. The highest BCUT2D eigenvalue weighted by molar-refractivity contribution is 5.93. The number of pyridine rings is 1. The molecule has 0 aliphatic heterocycles. The van der Waals surface area contributed by atoms with Crippen molar-refractivity contribution in [2.75, 3.05) is 11.9 Å². The minimum Gasteiger partial charge on any atom is -0.370 e. The van der Waals surface area contributed by atoms with Gasteiger partial charge in [-0.3, -0.25) is 0 Å². The lowest BCUT2D eigenvalue weighted by Crippen LogP contribution is -2.06. The average Bonchev–Trinajstić information content (AvgIpc) is 2.77. The molecule has 0 atom stereocenters. The molecule has 0 fully saturated rings. The van der Waals surface area contributed by atoms with Crippen LogP contribution >= 0.6 is 0 Å². The predicted molar refractivity (Wildman–Crippen MR) is 81.3 cm³/mol. The number of hydrogen-bond donors (Lipinski definition) is 1. The molecule has 5 nitrogen and oxygen atoms in total. The van der Waals surface area contributed by atoms with Gasteiger partial charge in [-0.05, 0) is 38.8 Å². The van der Waals surface area contributed by atoms with Crippen LogP contribution in [0, 0.1) is 13.8 Å². The highest BCUT2D eigenvalue weighted by atomic mass is 15.3. The Morgan fingerprint density at radius 1 is 1.15 bits per heavy atom. The van der Waals surface area contributed by atoms with Gasteiger partial charge in [-0.1, -0.05) is 6.92 Å². The summed E-state index contributed by atoms with van der Waals surface area (Å²) in [5, 5.41) is 9.01. The summed E-state index contributed by atoms with van der Waals surface area (Å²) in [5.74, 6) is 0.976. The Balaban J connectivity index is 2.43. The van der Waals surface area contributed by atoms with Crippen molar-refractivity contribution in [1.29, 1.82) is 0 Å². The third-order valence-corrected chi connectivity index (χ3v) is 3.45. The molecule has 0 saturated carbocycles. The maximum Gasteiger partial charge on any atom is 0.184 e. The molecule has 3 aromatic heterocycles. The molecule has 0 unspecified atom stereocenters. The molecular weight excluding hydrogens is 250 g/mol. The molecule has 0 aromatic carbocycles. The van der Waals surface area contributed by atoms with E-state index in [1.807, 2.05) is 11.4 Å². The van der Waals surface area contributed by atoms with Crippen molar-refractivity contribution in [3.8, 4) is 0 Å². The van der Waals surface area contributed by atoms with Crippen LogP contribution in [-0.4, -0.2) is 26.1 Å². The zero-order chi connectivity index (χ0) is 14.3. The molecular formula is C15H19N5. The molecule has 0 saturated heterocycles. The van der Waals surface area contributed by atoms with E-state index in [0.717, 1.165) is 46.9 Å². The van der Waals surface area contributed by atoms with Crippen molar-refractivity contribution < 1.29 is 0 Å². The molecule has 0 amide bonds. The van der Waals surface area contributed by atoms with Crippen LogP contribution in [0.2, 0.25) is 0 Å². The van der Waals surface area contributed by atoms with Gasteiger partial charge in [-0.15, -0.1) is 5.10 Å². The normalized spacial score (nSPS) is 11.4. The number of fused-ring (bicyclic) bond motifs is 3. The lowest BCUT2D eigenvalue weighted by molar-refractivity contribution is 0.912. The predicted octanol–water partition coefficient (Wildman–Crippen LogP) is 2.89. The summed E-state index contributed by atoms with van der Waals surface area (Å²) in [6.45, 7) is 9.12. The fourth-order valence-corrected chi connectivity index (χ4v) is 2.56. The van der Waals surface area contributed by atoms with E-state index in [0.29, 0.717) is 0 Å². The highest BCUT2D eigenvalue weighted by Crippen LogP contribution is 2.24. The molecule has 3 aromatic rings. The second-order valence-corrected chi connectivity index (χ2v) is 5.03. The van der Waals surface area contributed by atoms with Crippen LogP contribution in [0.15, 0.2) is 12.1 Å². The number of nitrogens with one attached hydrogen (secondary N) is 1. The monoisotopic (exact) mass is 269 g/mol. The van der Waals surface area contributed by atoms with Gasteiger partial charge in [0.05, 0.1) is 5.39 Å². The first-order valence-corrected chi connectivity index (χ1v) is 7.04. The van der Waals surface area contributed by atoms with Crippen molar-refractivity contribution in [2.24, 2.45) is 0 Å². The number of anilines is 1. The largest absolute Gasteiger partial charge is 0.370 e. The van der Waals surface area contributed by atoms with E-state index in [4.69, 9.17) is 4.98 Å². The van der Waals surface area contributed by atoms with Gasteiger partial charge in [-0.2, -0.15) is 4.52 Å². The summed E-state index contributed by atoms with van der Waals surface area (Å²) in [6.07, 6.45) is 0.903. The summed E-state index contributed by atoms with van der Waals surface area (Å²) >= 11 is 0. The van der Waals surface area contributed by atoms with Gasteiger partial charge in [0.1, 0.15) is 5.82 Å². The van der Waals surface area contributed by atoms with Crippen molar-refractivity contribution in [3.05, 3.63) is 29.1 Å². The molecule has 104 valence electrons. The van der Waals surface area contributed by atoms with Gasteiger partial charge in [0.15, 0.2) is 11.3 Å². The Bertz CT molecular complexity index is 788. The van der Waals surface area contributed by atoms with E-state index < -0.39 is 0 Å². The third-order valence-electron chi connectivity index (χ3n) is 3.45. The van der Waals surface area contributed by atoms with Crippen LogP contribution in [0.3, 0.4) is 0 Å². The molecule has 3 rings (SSSR count). The SMILES string of the molecule is CCNc1cc(CC)nc2c3c(C)cc(C)nc3nn12. The molecule has 0 bridgehead atoms. The Kier molecular flexibility index (Phi) is 3.04. The maximum atomic E-state index is 4.74. The number of aryl methyl sites for hydroxylation is 3. The summed E-state index contributed by atoms with van der Waals surface area (Å²) in [7, 11) is 0. The summed E-state index contributed by atoms with van der Waals surface area (Å²) in [5.41, 5.74) is 4.88. The molecule has 5 heteroatoms. The topological polar surface area (TPSA) is 55.1 Å². The molecule has 3 heterocycles. The first kappa shape index (κ1) is 12.8. The Morgan fingerprint density at radius 3 is 2.65 bits per heavy atom. The van der Waals surface area contributed by atoms with Crippen molar-refractivity contribution >= 4 is 22.5 Å². The zero-order valence-corrected chi connectivity index (χ0v) is 12.4. The minimum atomic E-state index is 0.766. The van der Waals surface area contributed by atoms with Crippen molar-refractivity contribution in [3.63, 3.8) is 0 Å². The number of hydrogen-bond acceptors (Lipinski definition) is 4. The molecule has 0 aliphatic rings. The van der Waals surface area contributed by atoms with Gasteiger partial charge < -0.3 is 5.32 Å². The van der Waals surface area contributed by atoms with Crippen LogP contribution in [0.4, 0.5) is 5.82 Å². The summed E-state index contributed by atoms with van der Waals surface area (Å²) in [6, 6.07) is 4.14. The molecule has 0 spiro atoms. The number of aromatic nitrogens is 4. The van der Waals surface area contributed by atoms with Crippen LogP contribution in [0.5, 0.6) is 0 Å². The van der Waals surface area contributed by atoms with Crippen molar-refractivity contribution in [1.82, 2.24) is 19.6 Å². The maximum absolute atomic E-state index is 4.74. The average molecular weight is 269 g/mol. The Labute approximate surface area is 118 Å². The number of nitrogens with zero attached hydrogens (tertiary/aromatic N) is 4. The minimum absolute atomic E-state index is 0.766. The fraction of sp³-hybridized carbons (Fsp3) is 0.400. The third kappa shape index (κ3) is 1.90.